The van der Waals surface area contributed by atoms with Crippen LogP contribution < -0.4 is 0 Å². The van der Waals surface area contributed by atoms with Gasteiger partial charge in [-0.25, -0.2) is 4.98 Å². The number of hydrogen-bond donors (Lipinski definition) is 1. The zero-order valence-electron chi connectivity index (χ0n) is 15.3. The van der Waals surface area contributed by atoms with Gasteiger partial charge in [0.25, 0.3) is 0 Å². The van der Waals surface area contributed by atoms with E-state index in [9.17, 15) is 22.8 Å². The number of carbonyl (C=O) groups excluding carboxylic acids is 2. The number of alkyl halides is 3. The van der Waals surface area contributed by atoms with Crippen molar-refractivity contribution >= 4 is 22.6 Å². The van der Waals surface area contributed by atoms with E-state index in [4.69, 9.17) is 0 Å². The summed E-state index contributed by atoms with van der Waals surface area (Å²) in [6.07, 6.45) is -2.95. The molecule has 0 aliphatic heterocycles. The summed E-state index contributed by atoms with van der Waals surface area (Å²) in [4.78, 5) is 31.8. The third-order valence-electron chi connectivity index (χ3n) is 5.01. The van der Waals surface area contributed by atoms with E-state index in [1.807, 2.05) is 0 Å². The molecule has 7 heteroatoms. The Labute approximate surface area is 154 Å². The Bertz CT molecular complexity index is 1010. The van der Waals surface area contributed by atoms with Gasteiger partial charge in [0.05, 0.1) is 16.6 Å². The highest BCUT2D eigenvalue weighted by molar-refractivity contribution is 6.24. The van der Waals surface area contributed by atoms with E-state index >= 15 is 0 Å². The molecule has 0 radical (unpaired) electrons. The van der Waals surface area contributed by atoms with Crippen molar-refractivity contribution in [3.63, 3.8) is 0 Å². The third-order valence-corrected chi connectivity index (χ3v) is 5.01. The Kier molecular flexibility index (Phi) is 4.80. The first-order chi connectivity index (χ1) is 12.6. The number of aryl methyl sites for hydroxylation is 1. The average Bonchev–Trinajstić information content (AvgIpc) is 3.02. The number of hydrogen-bond acceptors (Lipinski definition) is 3. The smallest absolute Gasteiger partial charge is 0.342 e. The molecule has 27 heavy (non-hydrogen) atoms. The number of nitrogens with zero attached hydrogens (tertiary/aromatic N) is 1. The summed E-state index contributed by atoms with van der Waals surface area (Å²) in [5.41, 5.74) is 2.01. The maximum atomic E-state index is 12.8. The third kappa shape index (κ3) is 3.59. The molecule has 1 aliphatic carbocycles. The molecule has 0 saturated carbocycles. The predicted octanol–water partition coefficient (Wildman–Crippen LogP) is 4.71. The standard InChI is InChI=1S/C20H19F3N2O2/c1-10-11(2)19(27)14(12(3)18(10)26)5-4-6-17-24-15-8-7-13(20(21,22)23)9-16(15)25-17/h7-9H,4-6H2,1-3H3,(H,24,25). The quantitative estimate of drug-likeness (QED) is 0.786. The Morgan fingerprint density at radius 1 is 0.963 bits per heavy atom. The van der Waals surface area contributed by atoms with Crippen LogP contribution in [0.3, 0.4) is 0 Å². The largest absolute Gasteiger partial charge is 0.416 e. The minimum absolute atomic E-state index is 0.106. The van der Waals surface area contributed by atoms with Crippen LogP contribution in [0.2, 0.25) is 0 Å². The van der Waals surface area contributed by atoms with Gasteiger partial charge in [-0.05, 0) is 51.8 Å². The summed E-state index contributed by atoms with van der Waals surface area (Å²) in [6.45, 7) is 4.96. The summed E-state index contributed by atoms with van der Waals surface area (Å²) in [6, 6.07) is 3.38. The number of benzene rings is 1. The van der Waals surface area contributed by atoms with Crippen molar-refractivity contribution in [1.82, 2.24) is 9.97 Å². The van der Waals surface area contributed by atoms with E-state index in [-0.39, 0.29) is 11.6 Å². The van der Waals surface area contributed by atoms with Gasteiger partial charge in [0.1, 0.15) is 5.82 Å². The second kappa shape index (κ2) is 6.79. The van der Waals surface area contributed by atoms with Gasteiger partial charge in [-0.1, -0.05) is 0 Å². The van der Waals surface area contributed by atoms with Crippen LogP contribution >= 0.6 is 0 Å². The molecule has 1 aromatic carbocycles. The van der Waals surface area contributed by atoms with Crippen LogP contribution in [0.5, 0.6) is 0 Å². The number of aromatic nitrogens is 2. The van der Waals surface area contributed by atoms with Crippen LogP contribution in [0.25, 0.3) is 11.0 Å². The first-order valence-electron chi connectivity index (χ1n) is 8.62. The van der Waals surface area contributed by atoms with Crippen molar-refractivity contribution < 1.29 is 22.8 Å². The Balaban J connectivity index is 1.72. The molecule has 142 valence electrons. The first kappa shape index (κ1) is 19.1. The van der Waals surface area contributed by atoms with Gasteiger partial charge in [0.15, 0.2) is 11.6 Å². The molecule has 0 unspecified atom stereocenters. The van der Waals surface area contributed by atoms with Crippen molar-refractivity contribution in [3.8, 4) is 0 Å². The van der Waals surface area contributed by atoms with Crippen molar-refractivity contribution in [1.29, 1.82) is 0 Å². The topological polar surface area (TPSA) is 62.8 Å². The van der Waals surface area contributed by atoms with Gasteiger partial charge >= 0.3 is 6.18 Å². The van der Waals surface area contributed by atoms with E-state index < -0.39 is 11.7 Å². The van der Waals surface area contributed by atoms with Crippen molar-refractivity contribution in [2.75, 3.05) is 0 Å². The van der Waals surface area contributed by atoms with Gasteiger partial charge in [-0.3, -0.25) is 9.59 Å². The molecule has 0 spiro atoms. The maximum Gasteiger partial charge on any atom is 0.416 e. The van der Waals surface area contributed by atoms with Crippen LogP contribution in [0.1, 0.15) is 45.0 Å². The van der Waals surface area contributed by atoms with Crippen LogP contribution in [-0.2, 0) is 22.2 Å². The molecule has 1 aromatic heterocycles. The first-order valence-corrected chi connectivity index (χ1v) is 8.62. The molecule has 3 rings (SSSR count). The van der Waals surface area contributed by atoms with Crippen LogP contribution in [0.15, 0.2) is 40.5 Å². The number of Topliss-reactive ketones (excluding diaryl/α,β-unsaturated/α-hetero) is 2. The van der Waals surface area contributed by atoms with Crippen LogP contribution in [0, 0.1) is 0 Å². The lowest BCUT2D eigenvalue weighted by atomic mass is 9.84. The Hall–Kier alpha value is -2.70. The SMILES string of the molecule is CC1=C(C)C(=O)C(CCCc2nc3ccc(C(F)(F)F)cc3[nH]2)=C(C)C1=O. The minimum Gasteiger partial charge on any atom is -0.342 e. The molecule has 1 N–H and O–H groups in total. The van der Waals surface area contributed by atoms with Gasteiger partial charge < -0.3 is 4.98 Å². The molecule has 0 bridgehead atoms. The van der Waals surface area contributed by atoms with Crippen molar-refractivity contribution in [2.45, 2.75) is 46.2 Å². The number of rotatable bonds is 4. The summed E-state index contributed by atoms with van der Waals surface area (Å²) in [5, 5.41) is 0. The number of fused-ring (bicyclic) bond motifs is 1. The van der Waals surface area contributed by atoms with E-state index in [2.05, 4.69) is 9.97 Å². The number of imidazole rings is 1. The van der Waals surface area contributed by atoms with E-state index in [0.717, 1.165) is 12.1 Å². The summed E-state index contributed by atoms with van der Waals surface area (Å²) in [5.74, 6) is 0.343. The zero-order valence-corrected chi connectivity index (χ0v) is 15.3. The number of halogens is 3. The minimum atomic E-state index is -4.40. The van der Waals surface area contributed by atoms with Crippen molar-refractivity contribution in [2.24, 2.45) is 0 Å². The second-order valence-corrected chi connectivity index (χ2v) is 6.78. The number of aromatic amines is 1. The molecule has 1 aliphatic rings. The van der Waals surface area contributed by atoms with E-state index in [1.165, 1.54) is 6.07 Å². The predicted molar refractivity (Wildman–Crippen MR) is 95.1 cm³/mol. The molecular formula is C20H19F3N2O2. The monoisotopic (exact) mass is 376 g/mol. The second-order valence-electron chi connectivity index (χ2n) is 6.78. The lowest BCUT2D eigenvalue weighted by Gasteiger charge is -2.18. The maximum absolute atomic E-state index is 12.8. The number of allylic oxidation sites excluding steroid dienone is 4. The fourth-order valence-corrected chi connectivity index (χ4v) is 3.25. The Morgan fingerprint density at radius 3 is 2.30 bits per heavy atom. The highest BCUT2D eigenvalue weighted by Crippen LogP contribution is 2.31. The summed E-state index contributed by atoms with van der Waals surface area (Å²) < 4.78 is 38.4. The lowest BCUT2D eigenvalue weighted by Crippen LogP contribution is -2.20. The highest BCUT2D eigenvalue weighted by atomic mass is 19.4. The van der Waals surface area contributed by atoms with Crippen LogP contribution in [0.4, 0.5) is 13.2 Å². The molecule has 0 atom stereocenters. The lowest BCUT2D eigenvalue weighted by molar-refractivity contribution is -0.137. The molecule has 0 saturated heterocycles. The summed E-state index contributed by atoms with van der Waals surface area (Å²) >= 11 is 0. The molecular weight excluding hydrogens is 357 g/mol. The number of nitrogens with one attached hydrogen (secondary N) is 1. The Morgan fingerprint density at radius 2 is 1.63 bits per heavy atom. The number of ketones is 2. The molecule has 4 nitrogen and oxygen atoms in total. The fraction of sp³-hybridized carbons (Fsp3) is 0.350. The van der Waals surface area contributed by atoms with E-state index in [0.29, 0.717) is 58.4 Å². The zero-order chi connectivity index (χ0) is 19.9. The van der Waals surface area contributed by atoms with Gasteiger partial charge in [-0.15, -0.1) is 0 Å². The molecule has 1 heterocycles. The average molecular weight is 376 g/mol. The van der Waals surface area contributed by atoms with Gasteiger partial charge in [0.2, 0.25) is 0 Å². The van der Waals surface area contributed by atoms with Crippen molar-refractivity contribution in [3.05, 3.63) is 51.9 Å². The fourth-order valence-electron chi connectivity index (χ4n) is 3.25. The highest BCUT2D eigenvalue weighted by Gasteiger charge is 2.31. The van der Waals surface area contributed by atoms with Gasteiger partial charge in [0, 0.05) is 28.7 Å². The summed E-state index contributed by atoms with van der Waals surface area (Å²) in [7, 11) is 0. The normalized spacial score (nSPS) is 16.1. The molecule has 2 aromatic rings. The number of H-pyrrole nitrogens is 1. The van der Waals surface area contributed by atoms with Gasteiger partial charge in [-0.2, -0.15) is 13.2 Å². The van der Waals surface area contributed by atoms with E-state index in [1.54, 1.807) is 20.8 Å². The molecule has 0 fully saturated rings. The van der Waals surface area contributed by atoms with Crippen LogP contribution in [-0.4, -0.2) is 21.5 Å². The molecule has 0 amide bonds. The number of carbonyl (C=O) groups is 2.